The van der Waals surface area contributed by atoms with Gasteiger partial charge in [-0.2, -0.15) is 0 Å². The van der Waals surface area contributed by atoms with Crippen molar-refractivity contribution >= 4 is 9.84 Å². The summed E-state index contributed by atoms with van der Waals surface area (Å²) in [5.74, 6) is -1.56. The molecule has 1 fully saturated rings. The molecule has 0 spiro atoms. The molecular formula is C15H22O5S. The van der Waals surface area contributed by atoms with Gasteiger partial charge in [0, 0.05) is 5.75 Å². The van der Waals surface area contributed by atoms with E-state index in [2.05, 4.69) is 0 Å². The summed E-state index contributed by atoms with van der Waals surface area (Å²) >= 11 is 0. The lowest BCUT2D eigenvalue weighted by atomic mass is 9.94. The van der Waals surface area contributed by atoms with E-state index >= 15 is 0 Å². The Bertz CT molecular complexity index is 567. The van der Waals surface area contributed by atoms with E-state index in [0.717, 1.165) is 5.56 Å². The molecule has 6 heteroatoms. The van der Waals surface area contributed by atoms with Crippen LogP contribution in [0.1, 0.15) is 32.3 Å². The smallest absolute Gasteiger partial charge is 0.177 e. The Morgan fingerprint density at radius 1 is 1.33 bits per heavy atom. The molecule has 1 saturated heterocycles. The van der Waals surface area contributed by atoms with Crippen molar-refractivity contribution < 1.29 is 23.0 Å². The van der Waals surface area contributed by atoms with Crippen LogP contribution in [0.15, 0.2) is 30.3 Å². The zero-order valence-corrected chi connectivity index (χ0v) is 13.3. The Kier molecular flexibility index (Phi) is 4.72. The topological polar surface area (TPSA) is 72.8 Å². The van der Waals surface area contributed by atoms with Crippen molar-refractivity contribution in [2.75, 3.05) is 12.4 Å². The van der Waals surface area contributed by atoms with Crippen LogP contribution in [0.4, 0.5) is 0 Å². The summed E-state index contributed by atoms with van der Waals surface area (Å²) in [6.45, 7) is 5.32. The van der Waals surface area contributed by atoms with Crippen LogP contribution in [0, 0.1) is 0 Å². The lowest BCUT2D eigenvalue weighted by Crippen LogP contribution is -2.38. The van der Waals surface area contributed by atoms with Crippen LogP contribution in [0.2, 0.25) is 0 Å². The van der Waals surface area contributed by atoms with Crippen molar-refractivity contribution in [2.24, 2.45) is 0 Å². The fourth-order valence-electron chi connectivity index (χ4n) is 2.52. The molecule has 21 heavy (non-hydrogen) atoms. The first kappa shape index (κ1) is 16.4. The molecule has 1 heterocycles. The van der Waals surface area contributed by atoms with Gasteiger partial charge in [0.2, 0.25) is 0 Å². The van der Waals surface area contributed by atoms with E-state index in [1.54, 1.807) is 26.0 Å². The fourth-order valence-corrected chi connectivity index (χ4v) is 3.65. The number of sulfone groups is 1. The standard InChI is InChI=1S/C15H22O5S/c1-4-21(17,18)14(16)13(11-8-6-5-7-9-11)12-10-19-15(2,3)20-12/h5-9,12-14,16H,4,10H2,1-3H3/t12-,13-,14+/m0/s1. The Hall–Kier alpha value is -0.950. The Labute approximate surface area is 125 Å². The van der Waals surface area contributed by atoms with E-state index in [9.17, 15) is 13.5 Å². The van der Waals surface area contributed by atoms with E-state index in [1.165, 1.54) is 6.92 Å². The lowest BCUT2D eigenvalue weighted by molar-refractivity contribution is -0.142. The highest BCUT2D eigenvalue weighted by molar-refractivity contribution is 7.91. The zero-order valence-electron chi connectivity index (χ0n) is 12.5. The molecule has 0 bridgehead atoms. The normalized spacial score (nSPS) is 24.7. The number of ether oxygens (including phenoxy) is 2. The van der Waals surface area contributed by atoms with Crippen molar-refractivity contribution in [1.82, 2.24) is 0 Å². The Morgan fingerprint density at radius 3 is 2.43 bits per heavy atom. The highest BCUT2D eigenvalue weighted by atomic mass is 32.2. The molecule has 0 saturated carbocycles. The average molecular weight is 314 g/mol. The minimum Gasteiger partial charge on any atom is -0.376 e. The van der Waals surface area contributed by atoms with Crippen LogP contribution in [0.5, 0.6) is 0 Å². The molecule has 0 unspecified atom stereocenters. The number of aliphatic hydroxyl groups is 1. The van der Waals surface area contributed by atoms with Gasteiger partial charge >= 0.3 is 0 Å². The molecule has 1 aromatic rings. The summed E-state index contributed by atoms with van der Waals surface area (Å²) in [5, 5.41) is 10.4. The number of rotatable bonds is 5. The van der Waals surface area contributed by atoms with Gasteiger partial charge in [0.15, 0.2) is 21.1 Å². The maximum Gasteiger partial charge on any atom is 0.177 e. The second-order valence-electron chi connectivity index (χ2n) is 5.65. The van der Waals surface area contributed by atoms with Crippen LogP contribution in [-0.2, 0) is 19.3 Å². The van der Waals surface area contributed by atoms with E-state index < -0.39 is 33.1 Å². The first-order valence-corrected chi connectivity index (χ1v) is 8.75. The van der Waals surface area contributed by atoms with Gasteiger partial charge in [-0.1, -0.05) is 37.3 Å². The number of aliphatic hydroxyl groups excluding tert-OH is 1. The van der Waals surface area contributed by atoms with Crippen LogP contribution in [0.3, 0.4) is 0 Å². The molecule has 0 amide bonds. The molecular weight excluding hydrogens is 292 g/mol. The number of hydrogen-bond acceptors (Lipinski definition) is 5. The van der Waals surface area contributed by atoms with E-state index in [1.807, 2.05) is 18.2 Å². The average Bonchev–Trinajstić information content (AvgIpc) is 2.80. The Morgan fingerprint density at radius 2 is 1.95 bits per heavy atom. The van der Waals surface area contributed by atoms with Gasteiger partial charge in [0.1, 0.15) is 0 Å². The largest absolute Gasteiger partial charge is 0.376 e. The first-order valence-electron chi connectivity index (χ1n) is 7.03. The minimum absolute atomic E-state index is 0.117. The SMILES string of the molecule is CCS(=O)(=O)[C@@H](O)[C@@H](c1ccccc1)[C@@H]1COC(C)(C)O1. The van der Waals surface area contributed by atoms with Crippen LogP contribution < -0.4 is 0 Å². The Balaban J connectivity index is 2.37. The van der Waals surface area contributed by atoms with Gasteiger partial charge in [0.05, 0.1) is 18.6 Å². The third-order valence-electron chi connectivity index (χ3n) is 3.69. The van der Waals surface area contributed by atoms with Gasteiger partial charge < -0.3 is 14.6 Å². The van der Waals surface area contributed by atoms with Crippen LogP contribution in [0.25, 0.3) is 0 Å². The van der Waals surface area contributed by atoms with Crippen molar-refractivity contribution in [3.8, 4) is 0 Å². The zero-order chi connectivity index (χ0) is 15.7. The highest BCUT2D eigenvalue weighted by Gasteiger charge is 2.44. The molecule has 1 aliphatic heterocycles. The quantitative estimate of drug-likeness (QED) is 0.895. The molecule has 5 nitrogen and oxygen atoms in total. The molecule has 0 aromatic heterocycles. The molecule has 1 aliphatic rings. The molecule has 0 radical (unpaired) electrons. The van der Waals surface area contributed by atoms with E-state index in [-0.39, 0.29) is 12.4 Å². The summed E-state index contributed by atoms with van der Waals surface area (Å²) in [6, 6.07) is 9.07. The van der Waals surface area contributed by atoms with Gasteiger partial charge in [-0.15, -0.1) is 0 Å². The van der Waals surface area contributed by atoms with Crippen molar-refractivity contribution in [3.63, 3.8) is 0 Å². The van der Waals surface area contributed by atoms with Gasteiger partial charge in [-0.25, -0.2) is 8.42 Å². The predicted molar refractivity (Wildman–Crippen MR) is 79.6 cm³/mol. The minimum atomic E-state index is -3.60. The summed E-state index contributed by atoms with van der Waals surface area (Å²) in [5.41, 5.74) is -0.777. The molecule has 0 aliphatic carbocycles. The third-order valence-corrected chi connectivity index (χ3v) is 5.53. The molecule has 1 aromatic carbocycles. The number of hydrogen-bond donors (Lipinski definition) is 1. The maximum absolute atomic E-state index is 12.1. The van der Waals surface area contributed by atoms with Crippen molar-refractivity contribution in [3.05, 3.63) is 35.9 Å². The van der Waals surface area contributed by atoms with E-state index in [4.69, 9.17) is 9.47 Å². The van der Waals surface area contributed by atoms with Crippen molar-refractivity contribution in [1.29, 1.82) is 0 Å². The third kappa shape index (κ3) is 3.63. The van der Waals surface area contributed by atoms with E-state index in [0.29, 0.717) is 0 Å². The lowest BCUT2D eigenvalue weighted by Gasteiger charge is -2.28. The van der Waals surface area contributed by atoms with Crippen molar-refractivity contribution in [2.45, 2.75) is 44.0 Å². The van der Waals surface area contributed by atoms with Gasteiger partial charge in [-0.05, 0) is 19.4 Å². The monoisotopic (exact) mass is 314 g/mol. The molecule has 118 valence electrons. The maximum atomic E-state index is 12.1. The second-order valence-corrected chi connectivity index (χ2v) is 8.03. The number of benzene rings is 1. The summed E-state index contributed by atoms with van der Waals surface area (Å²) in [6.07, 6.45) is -0.501. The summed E-state index contributed by atoms with van der Waals surface area (Å²) in [7, 11) is -3.60. The molecule has 3 atom stereocenters. The summed E-state index contributed by atoms with van der Waals surface area (Å²) in [4.78, 5) is 0. The van der Waals surface area contributed by atoms with Gasteiger partial charge in [0.25, 0.3) is 0 Å². The highest BCUT2D eigenvalue weighted by Crippen LogP contribution is 2.35. The molecule has 1 N–H and O–H groups in total. The fraction of sp³-hybridized carbons (Fsp3) is 0.600. The van der Waals surface area contributed by atoms with Gasteiger partial charge in [-0.3, -0.25) is 0 Å². The predicted octanol–water partition coefficient (Wildman–Crippen LogP) is 1.67. The first-order chi connectivity index (χ1) is 9.77. The van der Waals surface area contributed by atoms with Crippen LogP contribution >= 0.6 is 0 Å². The molecule has 2 rings (SSSR count). The second kappa shape index (κ2) is 6.04. The van der Waals surface area contributed by atoms with Crippen LogP contribution in [-0.4, -0.2) is 43.2 Å². The summed E-state index contributed by atoms with van der Waals surface area (Å²) < 4.78 is 35.5.